The van der Waals surface area contributed by atoms with Crippen LogP contribution in [-0.4, -0.2) is 54.3 Å². The van der Waals surface area contributed by atoms with Crippen molar-refractivity contribution in [1.82, 2.24) is 24.9 Å². The second-order valence-corrected chi connectivity index (χ2v) is 9.88. The Hall–Kier alpha value is -3.51. The van der Waals surface area contributed by atoms with E-state index >= 15 is 0 Å². The standard InChI is InChI=1S/C22H24N6O5S/c29-21(24-16-4-1-3-15(13-16)22-25-26-27-28(22)17-5-6-17)9-10-23-34(30,31)18-7-8-19-20(14-18)33-12-2-11-32-19/h1,3-4,7-8,13-14,17,23H,2,5-6,9-12H2,(H,24,29). The molecule has 1 saturated carbocycles. The number of anilines is 1. The number of nitrogens with one attached hydrogen (secondary N) is 2. The second kappa shape index (κ2) is 9.39. The summed E-state index contributed by atoms with van der Waals surface area (Å²) < 4.78 is 40.7. The molecule has 1 fully saturated rings. The summed E-state index contributed by atoms with van der Waals surface area (Å²) >= 11 is 0. The monoisotopic (exact) mass is 484 g/mol. The average Bonchev–Trinajstić information content (AvgIpc) is 3.60. The Morgan fingerprint density at radius 3 is 2.74 bits per heavy atom. The van der Waals surface area contributed by atoms with E-state index in [9.17, 15) is 13.2 Å². The van der Waals surface area contributed by atoms with Gasteiger partial charge in [0.05, 0.1) is 24.2 Å². The fourth-order valence-corrected chi connectivity index (χ4v) is 4.65. The summed E-state index contributed by atoms with van der Waals surface area (Å²) in [5.41, 5.74) is 1.38. The highest BCUT2D eigenvalue weighted by Crippen LogP contribution is 2.37. The van der Waals surface area contributed by atoms with Crippen LogP contribution in [-0.2, 0) is 14.8 Å². The lowest BCUT2D eigenvalue weighted by Crippen LogP contribution is -2.27. The zero-order valence-electron chi connectivity index (χ0n) is 18.3. The molecule has 5 rings (SSSR count). The molecule has 0 spiro atoms. The van der Waals surface area contributed by atoms with Gasteiger partial charge >= 0.3 is 0 Å². The van der Waals surface area contributed by atoms with Crippen molar-refractivity contribution in [3.63, 3.8) is 0 Å². The number of ether oxygens (including phenoxy) is 2. The number of amides is 1. The van der Waals surface area contributed by atoms with Crippen LogP contribution in [0.4, 0.5) is 5.69 Å². The summed E-state index contributed by atoms with van der Waals surface area (Å²) in [6.07, 6.45) is 2.80. The van der Waals surface area contributed by atoms with Crippen LogP contribution in [0.2, 0.25) is 0 Å². The van der Waals surface area contributed by atoms with Crippen LogP contribution in [0.25, 0.3) is 11.4 Å². The van der Waals surface area contributed by atoms with Crippen molar-refractivity contribution < 1.29 is 22.7 Å². The SMILES string of the molecule is O=C(CCNS(=O)(=O)c1ccc2c(c1)OCCCO2)Nc1cccc(-c2nnnn2C2CC2)c1. The van der Waals surface area contributed by atoms with Gasteiger partial charge in [-0.15, -0.1) is 5.10 Å². The fourth-order valence-electron chi connectivity index (χ4n) is 3.60. The predicted molar refractivity (Wildman–Crippen MR) is 122 cm³/mol. The lowest BCUT2D eigenvalue weighted by molar-refractivity contribution is -0.116. The highest BCUT2D eigenvalue weighted by Gasteiger charge is 2.28. The molecule has 0 unspecified atom stereocenters. The van der Waals surface area contributed by atoms with Crippen LogP contribution in [0.5, 0.6) is 11.5 Å². The first-order chi connectivity index (χ1) is 16.5. The van der Waals surface area contributed by atoms with Crippen molar-refractivity contribution in [2.75, 3.05) is 25.1 Å². The summed E-state index contributed by atoms with van der Waals surface area (Å²) in [4.78, 5) is 12.5. The molecule has 2 heterocycles. The molecule has 0 atom stereocenters. The Bertz CT molecular complexity index is 1300. The third-order valence-electron chi connectivity index (χ3n) is 5.46. The number of tetrazole rings is 1. The molecule has 0 radical (unpaired) electrons. The molecule has 12 heteroatoms. The maximum absolute atomic E-state index is 12.7. The Morgan fingerprint density at radius 2 is 1.91 bits per heavy atom. The van der Waals surface area contributed by atoms with E-state index in [1.165, 1.54) is 12.1 Å². The Balaban J connectivity index is 1.18. The van der Waals surface area contributed by atoms with Crippen LogP contribution < -0.4 is 19.5 Å². The van der Waals surface area contributed by atoms with E-state index in [4.69, 9.17) is 9.47 Å². The van der Waals surface area contributed by atoms with Crippen LogP contribution in [0.3, 0.4) is 0 Å². The molecule has 178 valence electrons. The minimum atomic E-state index is -3.81. The van der Waals surface area contributed by atoms with Crippen molar-refractivity contribution in [3.05, 3.63) is 42.5 Å². The number of sulfonamides is 1. The topological polar surface area (TPSA) is 137 Å². The molecular weight excluding hydrogens is 460 g/mol. The molecule has 3 aromatic rings. The lowest BCUT2D eigenvalue weighted by Gasteiger charge is -2.11. The van der Waals surface area contributed by atoms with E-state index in [2.05, 4.69) is 25.6 Å². The third kappa shape index (κ3) is 5.02. The Labute approximate surface area is 196 Å². The first-order valence-corrected chi connectivity index (χ1v) is 12.6. The molecule has 0 saturated heterocycles. The van der Waals surface area contributed by atoms with Gasteiger partial charge in [-0.3, -0.25) is 4.79 Å². The average molecular weight is 485 g/mol. The molecular formula is C22H24N6O5S. The van der Waals surface area contributed by atoms with E-state index < -0.39 is 10.0 Å². The molecule has 1 aliphatic heterocycles. The predicted octanol–water partition coefficient (Wildman–Crippen LogP) is 2.14. The van der Waals surface area contributed by atoms with Gasteiger partial charge < -0.3 is 14.8 Å². The molecule has 0 bridgehead atoms. The zero-order chi connectivity index (χ0) is 23.5. The van der Waals surface area contributed by atoms with E-state index in [1.54, 1.807) is 22.9 Å². The Morgan fingerprint density at radius 1 is 1.09 bits per heavy atom. The van der Waals surface area contributed by atoms with Gasteiger partial charge in [0.2, 0.25) is 15.9 Å². The molecule has 34 heavy (non-hydrogen) atoms. The summed E-state index contributed by atoms with van der Waals surface area (Å²) in [5, 5.41) is 14.7. The normalized spacial score (nSPS) is 15.5. The molecule has 1 aliphatic carbocycles. The van der Waals surface area contributed by atoms with Crippen molar-refractivity contribution in [3.8, 4) is 22.9 Å². The number of hydrogen-bond acceptors (Lipinski definition) is 8. The zero-order valence-corrected chi connectivity index (χ0v) is 19.1. The summed E-state index contributed by atoms with van der Waals surface area (Å²) in [7, 11) is -3.81. The van der Waals surface area contributed by atoms with Gasteiger partial charge in [-0.2, -0.15) is 0 Å². The number of aromatic nitrogens is 4. The van der Waals surface area contributed by atoms with Crippen LogP contribution in [0, 0.1) is 0 Å². The quantitative estimate of drug-likeness (QED) is 0.496. The van der Waals surface area contributed by atoms with Crippen molar-refractivity contribution in [2.24, 2.45) is 0 Å². The van der Waals surface area contributed by atoms with Gasteiger partial charge in [0.25, 0.3) is 0 Å². The van der Waals surface area contributed by atoms with Crippen LogP contribution >= 0.6 is 0 Å². The molecule has 2 aliphatic rings. The molecule has 2 N–H and O–H groups in total. The van der Waals surface area contributed by atoms with Gasteiger partial charge in [-0.25, -0.2) is 17.8 Å². The van der Waals surface area contributed by atoms with Crippen LogP contribution in [0.15, 0.2) is 47.4 Å². The van der Waals surface area contributed by atoms with Gasteiger partial charge in [-0.1, -0.05) is 12.1 Å². The minimum absolute atomic E-state index is 0.0339. The summed E-state index contributed by atoms with van der Waals surface area (Å²) in [6, 6.07) is 12.0. The first kappa shape index (κ1) is 22.3. The number of nitrogens with zero attached hydrogens (tertiary/aromatic N) is 4. The highest BCUT2D eigenvalue weighted by molar-refractivity contribution is 7.89. The number of fused-ring (bicyclic) bond motifs is 1. The molecule has 1 aromatic heterocycles. The van der Waals surface area contributed by atoms with Crippen molar-refractivity contribution in [1.29, 1.82) is 0 Å². The maximum Gasteiger partial charge on any atom is 0.240 e. The number of benzene rings is 2. The van der Waals surface area contributed by atoms with E-state index in [1.807, 2.05) is 12.1 Å². The fraction of sp³-hybridized carbons (Fsp3) is 0.364. The first-order valence-electron chi connectivity index (χ1n) is 11.1. The summed E-state index contributed by atoms with van der Waals surface area (Å²) in [5.74, 6) is 1.25. The van der Waals surface area contributed by atoms with Gasteiger partial charge in [-0.05, 0) is 47.5 Å². The summed E-state index contributed by atoms with van der Waals surface area (Å²) in [6.45, 7) is 0.927. The molecule has 1 amide bonds. The molecule has 11 nitrogen and oxygen atoms in total. The van der Waals surface area contributed by atoms with Gasteiger partial charge in [0, 0.05) is 36.7 Å². The van der Waals surface area contributed by atoms with Crippen LogP contribution in [0.1, 0.15) is 31.7 Å². The second-order valence-electron chi connectivity index (χ2n) is 8.11. The van der Waals surface area contributed by atoms with E-state index in [0.29, 0.717) is 42.3 Å². The maximum atomic E-state index is 12.7. The van der Waals surface area contributed by atoms with E-state index in [-0.39, 0.29) is 23.8 Å². The number of carbonyl (C=O) groups excluding carboxylic acids is 1. The largest absolute Gasteiger partial charge is 0.490 e. The van der Waals surface area contributed by atoms with Crippen molar-refractivity contribution in [2.45, 2.75) is 36.6 Å². The molecule has 2 aromatic carbocycles. The van der Waals surface area contributed by atoms with Crippen molar-refractivity contribution >= 4 is 21.6 Å². The van der Waals surface area contributed by atoms with Gasteiger partial charge in [0.1, 0.15) is 0 Å². The smallest absolute Gasteiger partial charge is 0.240 e. The Kier molecular flexibility index (Phi) is 6.16. The van der Waals surface area contributed by atoms with Gasteiger partial charge in [0.15, 0.2) is 17.3 Å². The number of carbonyl (C=O) groups is 1. The third-order valence-corrected chi connectivity index (χ3v) is 6.92. The lowest BCUT2D eigenvalue weighted by atomic mass is 10.2. The minimum Gasteiger partial charge on any atom is -0.490 e. The number of hydrogen-bond donors (Lipinski definition) is 2. The van der Waals surface area contributed by atoms with E-state index in [0.717, 1.165) is 24.8 Å². The highest BCUT2D eigenvalue weighted by atomic mass is 32.2. The number of rotatable bonds is 8.